The summed E-state index contributed by atoms with van der Waals surface area (Å²) in [6.07, 6.45) is 0. The lowest BCUT2D eigenvalue weighted by Gasteiger charge is -2.05. The van der Waals surface area contributed by atoms with Gasteiger partial charge in [0.2, 0.25) is 0 Å². The van der Waals surface area contributed by atoms with Crippen LogP contribution in [0.15, 0.2) is 78.9 Å². The van der Waals surface area contributed by atoms with Gasteiger partial charge in [0, 0.05) is 5.56 Å². The molecule has 116 valence electrons. The summed E-state index contributed by atoms with van der Waals surface area (Å²) >= 11 is 0. The number of carbonyl (C=O) groups is 1. The molecular formula is C20H15N3O. The fourth-order valence-electron chi connectivity index (χ4n) is 2.74. The summed E-state index contributed by atoms with van der Waals surface area (Å²) in [4.78, 5) is 12.5. The Labute approximate surface area is 139 Å². The van der Waals surface area contributed by atoms with Crippen molar-refractivity contribution < 1.29 is 4.79 Å². The first kappa shape index (κ1) is 14.3. The van der Waals surface area contributed by atoms with E-state index in [0.717, 1.165) is 22.2 Å². The van der Waals surface area contributed by atoms with Gasteiger partial charge < -0.3 is 0 Å². The van der Waals surface area contributed by atoms with Gasteiger partial charge in [0.25, 0.3) is 0 Å². The number of nitrogens with zero attached hydrogens (tertiary/aromatic N) is 3. The van der Waals surface area contributed by atoms with Gasteiger partial charge in [0.1, 0.15) is 12.1 Å². The highest BCUT2D eigenvalue weighted by atomic mass is 16.1. The molecule has 4 aromatic rings. The van der Waals surface area contributed by atoms with Crippen LogP contribution in [-0.2, 0) is 6.54 Å². The van der Waals surface area contributed by atoms with Crippen molar-refractivity contribution in [1.82, 2.24) is 15.0 Å². The Morgan fingerprint density at radius 2 is 1.46 bits per heavy atom. The van der Waals surface area contributed by atoms with E-state index >= 15 is 0 Å². The maximum Gasteiger partial charge on any atom is 0.184 e. The quantitative estimate of drug-likeness (QED) is 0.535. The van der Waals surface area contributed by atoms with Gasteiger partial charge in [-0.25, -0.2) is 4.68 Å². The van der Waals surface area contributed by atoms with Gasteiger partial charge in [0.05, 0.1) is 5.52 Å². The topological polar surface area (TPSA) is 47.8 Å². The van der Waals surface area contributed by atoms with Crippen LogP contribution >= 0.6 is 0 Å². The Bertz CT molecular complexity index is 988. The van der Waals surface area contributed by atoms with Crippen molar-refractivity contribution in [3.8, 4) is 11.1 Å². The van der Waals surface area contributed by atoms with E-state index in [1.54, 1.807) is 4.68 Å². The minimum Gasteiger partial charge on any atom is -0.292 e. The molecular weight excluding hydrogens is 298 g/mol. The van der Waals surface area contributed by atoms with Crippen LogP contribution in [-0.4, -0.2) is 20.8 Å². The maximum absolute atomic E-state index is 12.5. The van der Waals surface area contributed by atoms with Crippen molar-refractivity contribution in [1.29, 1.82) is 0 Å². The van der Waals surface area contributed by atoms with E-state index in [2.05, 4.69) is 22.4 Å². The summed E-state index contributed by atoms with van der Waals surface area (Å²) in [5.74, 6) is 0.0188. The third-order valence-electron chi connectivity index (χ3n) is 4.03. The molecule has 4 heteroatoms. The van der Waals surface area contributed by atoms with Gasteiger partial charge in [-0.2, -0.15) is 0 Å². The summed E-state index contributed by atoms with van der Waals surface area (Å²) in [6, 6.07) is 25.4. The molecule has 0 fully saturated rings. The lowest BCUT2D eigenvalue weighted by molar-refractivity contribution is 0.0968. The molecule has 0 radical (unpaired) electrons. The van der Waals surface area contributed by atoms with E-state index in [1.165, 1.54) is 0 Å². The molecule has 0 amide bonds. The average molecular weight is 313 g/mol. The number of para-hydroxylation sites is 1. The van der Waals surface area contributed by atoms with E-state index in [9.17, 15) is 4.79 Å². The Morgan fingerprint density at radius 1 is 0.792 bits per heavy atom. The number of fused-ring (bicyclic) bond motifs is 1. The van der Waals surface area contributed by atoms with Gasteiger partial charge in [-0.15, -0.1) is 5.10 Å². The summed E-state index contributed by atoms with van der Waals surface area (Å²) in [6.45, 7) is 0.186. The molecule has 0 saturated carbocycles. The van der Waals surface area contributed by atoms with Crippen LogP contribution in [0.2, 0.25) is 0 Å². The van der Waals surface area contributed by atoms with Gasteiger partial charge >= 0.3 is 0 Å². The molecule has 0 unspecified atom stereocenters. The van der Waals surface area contributed by atoms with E-state index < -0.39 is 0 Å². The first-order valence-corrected chi connectivity index (χ1v) is 7.78. The Morgan fingerprint density at radius 3 is 2.25 bits per heavy atom. The molecule has 4 nitrogen and oxygen atoms in total. The average Bonchev–Trinajstić information content (AvgIpc) is 3.06. The molecule has 4 rings (SSSR count). The zero-order valence-electron chi connectivity index (χ0n) is 13.0. The summed E-state index contributed by atoms with van der Waals surface area (Å²) in [5, 5.41) is 8.15. The van der Waals surface area contributed by atoms with E-state index in [4.69, 9.17) is 0 Å². The summed E-state index contributed by atoms with van der Waals surface area (Å²) < 4.78 is 1.64. The van der Waals surface area contributed by atoms with Gasteiger partial charge in [-0.1, -0.05) is 71.9 Å². The molecule has 1 aromatic heterocycles. The van der Waals surface area contributed by atoms with Crippen molar-refractivity contribution in [2.45, 2.75) is 6.54 Å². The molecule has 0 bridgehead atoms. The van der Waals surface area contributed by atoms with Gasteiger partial charge in [0.15, 0.2) is 5.78 Å². The molecule has 3 aromatic carbocycles. The number of Topliss-reactive ketones (excluding diaryl/α,β-unsaturated/α-hetero) is 1. The number of aromatic nitrogens is 3. The van der Waals surface area contributed by atoms with Crippen LogP contribution in [0.5, 0.6) is 0 Å². The predicted molar refractivity (Wildman–Crippen MR) is 93.7 cm³/mol. The van der Waals surface area contributed by atoms with Crippen molar-refractivity contribution in [3.63, 3.8) is 0 Å². The second-order valence-electron chi connectivity index (χ2n) is 5.60. The highest BCUT2D eigenvalue weighted by molar-refractivity contribution is 5.96. The van der Waals surface area contributed by atoms with Gasteiger partial charge in [-0.3, -0.25) is 4.79 Å². The zero-order chi connectivity index (χ0) is 16.4. The molecule has 0 spiro atoms. The Balaban J connectivity index is 1.56. The third-order valence-corrected chi connectivity index (χ3v) is 4.03. The Hall–Kier alpha value is -3.27. The highest BCUT2D eigenvalue weighted by Gasteiger charge is 2.11. The van der Waals surface area contributed by atoms with Crippen molar-refractivity contribution in [2.24, 2.45) is 0 Å². The molecule has 0 aliphatic rings. The number of hydrogen-bond donors (Lipinski definition) is 0. The monoisotopic (exact) mass is 313 g/mol. The van der Waals surface area contributed by atoms with Crippen LogP contribution in [0.4, 0.5) is 0 Å². The first-order valence-electron chi connectivity index (χ1n) is 7.78. The van der Waals surface area contributed by atoms with Gasteiger partial charge in [-0.05, 0) is 23.3 Å². The number of carbonyl (C=O) groups excluding carboxylic acids is 1. The van der Waals surface area contributed by atoms with Crippen LogP contribution < -0.4 is 0 Å². The normalized spacial score (nSPS) is 10.8. The minimum atomic E-state index is 0.0188. The fraction of sp³-hybridized carbons (Fsp3) is 0.0500. The zero-order valence-corrected chi connectivity index (χ0v) is 13.0. The largest absolute Gasteiger partial charge is 0.292 e. The number of hydrogen-bond acceptors (Lipinski definition) is 3. The molecule has 1 heterocycles. The third kappa shape index (κ3) is 2.70. The maximum atomic E-state index is 12.5. The Kier molecular flexibility index (Phi) is 3.63. The smallest absolute Gasteiger partial charge is 0.184 e. The molecule has 24 heavy (non-hydrogen) atoms. The van der Waals surface area contributed by atoms with Crippen molar-refractivity contribution >= 4 is 16.8 Å². The fourth-order valence-corrected chi connectivity index (χ4v) is 2.74. The van der Waals surface area contributed by atoms with E-state index in [1.807, 2.05) is 66.7 Å². The van der Waals surface area contributed by atoms with Crippen molar-refractivity contribution in [2.75, 3.05) is 0 Å². The highest BCUT2D eigenvalue weighted by Crippen LogP contribution is 2.20. The second-order valence-corrected chi connectivity index (χ2v) is 5.60. The number of benzene rings is 3. The standard InChI is InChI=1S/C20H15N3O/c24-20(14-23-19-9-5-4-8-18(19)21-22-23)17-12-10-16(11-13-17)15-6-2-1-3-7-15/h1-13H,14H2. The van der Waals surface area contributed by atoms with E-state index in [0.29, 0.717) is 5.56 Å². The van der Waals surface area contributed by atoms with Crippen LogP contribution in [0.25, 0.3) is 22.2 Å². The molecule has 0 aliphatic heterocycles. The lowest BCUT2D eigenvalue weighted by Crippen LogP contribution is -2.11. The number of rotatable bonds is 4. The SMILES string of the molecule is O=C(Cn1nnc2ccccc21)c1ccc(-c2ccccc2)cc1. The molecule has 0 atom stereocenters. The minimum absolute atomic E-state index is 0.0188. The number of ketones is 1. The van der Waals surface area contributed by atoms with E-state index in [-0.39, 0.29) is 12.3 Å². The van der Waals surface area contributed by atoms with Crippen molar-refractivity contribution in [3.05, 3.63) is 84.4 Å². The molecule has 0 saturated heterocycles. The summed E-state index contributed by atoms with van der Waals surface area (Å²) in [7, 11) is 0. The first-order chi connectivity index (χ1) is 11.8. The predicted octanol–water partition coefficient (Wildman–Crippen LogP) is 3.98. The lowest BCUT2D eigenvalue weighted by atomic mass is 10.0. The van der Waals surface area contributed by atoms with Crippen LogP contribution in [0.1, 0.15) is 10.4 Å². The van der Waals surface area contributed by atoms with Crippen LogP contribution in [0.3, 0.4) is 0 Å². The molecule has 0 N–H and O–H groups in total. The van der Waals surface area contributed by atoms with Crippen LogP contribution in [0, 0.1) is 0 Å². The summed E-state index contributed by atoms with van der Waals surface area (Å²) in [5.41, 5.74) is 4.57. The molecule has 0 aliphatic carbocycles. The second kappa shape index (κ2) is 6.08.